The van der Waals surface area contributed by atoms with Crippen LogP contribution in [0.25, 0.3) is 0 Å². The van der Waals surface area contributed by atoms with Crippen molar-refractivity contribution in [2.24, 2.45) is 0 Å². The van der Waals surface area contributed by atoms with Crippen LogP contribution in [0.3, 0.4) is 0 Å². The number of nitro groups is 1. The number of hydrogen-bond acceptors (Lipinski definition) is 4. The zero-order chi connectivity index (χ0) is 12.8. The SMILES string of the molecule is O=[N+]([O-])c1cccc(NNC2=CCCCCC2)c1. The van der Waals surface area contributed by atoms with Gasteiger partial charge in [0.25, 0.3) is 5.69 Å². The minimum absolute atomic E-state index is 0.0941. The molecule has 0 radical (unpaired) electrons. The minimum atomic E-state index is -0.393. The molecule has 5 nitrogen and oxygen atoms in total. The highest BCUT2D eigenvalue weighted by atomic mass is 16.6. The molecule has 5 heteroatoms. The molecule has 0 saturated heterocycles. The summed E-state index contributed by atoms with van der Waals surface area (Å²) in [6.07, 6.45) is 8.01. The topological polar surface area (TPSA) is 67.2 Å². The Bertz CT molecular complexity index is 457. The van der Waals surface area contributed by atoms with E-state index < -0.39 is 4.92 Å². The number of nitro benzene ring substituents is 1. The first-order valence-electron chi connectivity index (χ1n) is 6.21. The average molecular weight is 247 g/mol. The quantitative estimate of drug-likeness (QED) is 0.632. The van der Waals surface area contributed by atoms with Crippen molar-refractivity contribution in [1.29, 1.82) is 0 Å². The molecule has 1 aromatic rings. The van der Waals surface area contributed by atoms with Gasteiger partial charge in [0.1, 0.15) is 0 Å². The van der Waals surface area contributed by atoms with Crippen molar-refractivity contribution >= 4 is 11.4 Å². The summed E-state index contributed by atoms with van der Waals surface area (Å²) in [6, 6.07) is 6.47. The van der Waals surface area contributed by atoms with E-state index in [1.807, 2.05) is 0 Å². The standard InChI is InChI=1S/C13H17N3O2/c17-16(18)13-9-5-8-12(10-13)15-14-11-6-3-1-2-4-7-11/h5-6,8-10,14-15H,1-4,7H2. The summed E-state index contributed by atoms with van der Waals surface area (Å²) >= 11 is 0. The Morgan fingerprint density at radius 2 is 2.06 bits per heavy atom. The molecule has 0 fully saturated rings. The number of non-ortho nitro benzene ring substituents is 1. The van der Waals surface area contributed by atoms with Crippen LogP contribution in [0.5, 0.6) is 0 Å². The molecule has 0 spiro atoms. The lowest BCUT2D eigenvalue weighted by Gasteiger charge is -2.12. The molecule has 0 saturated carbocycles. The fourth-order valence-electron chi connectivity index (χ4n) is 1.98. The summed E-state index contributed by atoms with van der Waals surface area (Å²) in [5.74, 6) is 0. The summed E-state index contributed by atoms with van der Waals surface area (Å²) in [4.78, 5) is 10.3. The number of nitrogens with zero attached hydrogens (tertiary/aromatic N) is 1. The molecule has 0 aliphatic heterocycles. The molecule has 1 aliphatic carbocycles. The number of anilines is 1. The largest absolute Gasteiger partial charge is 0.305 e. The van der Waals surface area contributed by atoms with E-state index in [2.05, 4.69) is 16.9 Å². The second-order valence-electron chi connectivity index (χ2n) is 4.39. The van der Waals surface area contributed by atoms with E-state index in [-0.39, 0.29) is 5.69 Å². The summed E-state index contributed by atoms with van der Waals surface area (Å²) in [7, 11) is 0. The van der Waals surface area contributed by atoms with Crippen molar-refractivity contribution in [2.75, 3.05) is 5.43 Å². The molecular weight excluding hydrogens is 230 g/mol. The molecule has 0 amide bonds. The number of rotatable bonds is 4. The molecule has 18 heavy (non-hydrogen) atoms. The highest BCUT2D eigenvalue weighted by Gasteiger charge is 2.06. The van der Waals surface area contributed by atoms with E-state index in [9.17, 15) is 10.1 Å². The maximum Gasteiger partial charge on any atom is 0.271 e. The van der Waals surface area contributed by atoms with Gasteiger partial charge in [-0.15, -0.1) is 0 Å². The van der Waals surface area contributed by atoms with Gasteiger partial charge in [-0.1, -0.05) is 18.6 Å². The third-order valence-electron chi connectivity index (χ3n) is 2.97. The normalized spacial score (nSPS) is 15.4. The molecule has 0 unspecified atom stereocenters. The van der Waals surface area contributed by atoms with Gasteiger partial charge in [-0.25, -0.2) is 0 Å². The van der Waals surface area contributed by atoms with Crippen LogP contribution in [0, 0.1) is 10.1 Å². The predicted molar refractivity (Wildman–Crippen MR) is 71.0 cm³/mol. The molecule has 2 rings (SSSR count). The lowest BCUT2D eigenvalue weighted by Crippen LogP contribution is -2.20. The molecule has 0 bridgehead atoms. The zero-order valence-corrected chi connectivity index (χ0v) is 10.2. The van der Waals surface area contributed by atoms with Crippen LogP contribution in [0.1, 0.15) is 32.1 Å². The van der Waals surface area contributed by atoms with Gasteiger partial charge in [0, 0.05) is 17.8 Å². The van der Waals surface area contributed by atoms with Crippen molar-refractivity contribution < 1.29 is 4.92 Å². The first-order chi connectivity index (χ1) is 8.75. The Labute approximate surface area is 106 Å². The smallest absolute Gasteiger partial charge is 0.271 e. The minimum Gasteiger partial charge on any atom is -0.305 e. The molecule has 0 aromatic heterocycles. The van der Waals surface area contributed by atoms with Gasteiger partial charge in [0.15, 0.2) is 0 Å². The summed E-state index contributed by atoms with van der Waals surface area (Å²) < 4.78 is 0. The van der Waals surface area contributed by atoms with E-state index >= 15 is 0 Å². The number of hydrazine groups is 1. The van der Waals surface area contributed by atoms with Crippen LogP contribution < -0.4 is 10.9 Å². The highest BCUT2D eigenvalue weighted by Crippen LogP contribution is 2.18. The fourth-order valence-corrected chi connectivity index (χ4v) is 1.98. The van der Waals surface area contributed by atoms with Crippen LogP contribution in [-0.4, -0.2) is 4.92 Å². The Kier molecular flexibility index (Phi) is 4.17. The second-order valence-corrected chi connectivity index (χ2v) is 4.39. The van der Waals surface area contributed by atoms with E-state index in [1.54, 1.807) is 12.1 Å². The Hall–Kier alpha value is -2.04. The lowest BCUT2D eigenvalue weighted by atomic mass is 10.2. The third-order valence-corrected chi connectivity index (χ3v) is 2.97. The van der Waals surface area contributed by atoms with Crippen LogP contribution >= 0.6 is 0 Å². The van der Waals surface area contributed by atoms with E-state index in [0.29, 0.717) is 5.69 Å². The van der Waals surface area contributed by atoms with Crippen molar-refractivity contribution in [1.82, 2.24) is 5.43 Å². The third kappa shape index (κ3) is 3.48. The van der Waals surface area contributed by atoms with Crippen molar-refractivity contribution in [3.8, 4) is 0 Å². The summed E-state index contributed by atoms with van der Waals surface area (Å²) in [5, 5.41) is 10.7. The van der Waals surface area contributed by atoms with Crippen molar-refractivity contribution in [2.45, 2.75) is 32.1 Å². The van der Waals surface area contributed by atoms with Crippen molar-refractivity contribution in [3.05, 3.63) is 46.2 Å². The molecular formula is C13H17N3O2. The number of benzene rings is 1. The number of nitrogens with one attached hydrogen (secondary N) is 2. The number of hydrogen-bond donors (Lipinski definition) is 2. The monoisotopic (exact) mass is 247 g/mol. The Balaban J connectivity index is 1.95. The van der Waals surface area contributed by atoms with Gasteiger partial charge in [-0.2, -0.15) is 0 Å². The first-order valence-corrected chi connectivity index (χ1v) is 6.21. The van der Waals surface area contributed by atoms with Crippen LogP contribution in [-0.2, 0) is 0 Å². The molecule has 1 aromatic carbocycles. The van der Waals surface area contributed by atoms with E-state index in [1.165, 1.54) is 37.1 Å². The van der Waals surface area contributed by atoms with Crippen molar-refractivity contribution in [3.63, 3.8) is 0 Å². The molecule has 96 valence electrons. The Morgan fingerprint density at radius 1 is 1.17 bits per heavy atom. The Morgan fingerprint density at radius 3 is 2.89 bits per heavy atom. The molecule has 0 heterocycles. The van der Waals surface area contributed by atoms with Gasteiger partial charge < -0.3 is 10.9 Å². The van der Waals surface area contributed by atoms with Crippen LogP contribution in [0.15, 0.2) is 36.0 Å². The fraction of sp³-hybridized carbons (Fsp3) is 0.385. The summed E-state index contributed by atoms with van der Waals surface area (Å²) in [5.41, 5.74) is 8.11. The maximum atomic E-state index is 10.7. The van der Waals surface area contributed by atoms with Gasteiger partial charge in [-0.05, 0) is 31.7 Å². The number of allylic oxidation sites excluding steroid dienone is 2. The second kappa shape index (κ2) is 6.05. The lowest BCUT2D eigenvalue weighted by molar-refractivity contribution is -0.384. The van der Waals surface area contributed by atoms with Crippen LogP contribution in [0.4, 0.5) is 11.4 Å². The summed E-state index contributed by atoms with van der Waals surface area (Å²) in [6.45, 7) is 0. The maximum absolute atomic E-state index is 10.7. The zero-order valence-electron chi connectivity index (χ0n) is 10.2. The first kappa shape index (κ1) is 12.4. The predicted octanol–water partition coefficient (Wildman–Crippen LogP) is 3.36. The van der Waals surface area contributed by atoms with Gasteiger partial charge in [0.2, 0.25) is 0 Å². The highest BCUT2D eigenvalue weighted by molar-refractivity contribution is 5.50. The van der Waals surface area contributed by atoms with Crippen LogP contribution in [0.2, 0.25) is 0 Å². The average Bonchev–Trinajstić information content (AvgIpc) is 2.65. The van der Waals surface area contributed by atoms with Gasteiger partial charge >= 0.3 is 0 Å². The molecule has 2 N–H and O–H groups in total. The molecule has 1 aliphatic rings. The molecule has 0 atom stereocenters. The van der Waals surface area contributed by atoms with E-state index in [4.69, 9.17) is 0 Å². The van der Waals surface area contributed by atoms with E-state index in [0.717, 1.165) is 12.8 Å². The van der Waals surface area contributed by atoms with Gasteiger partial charge in [-0.3, -0.25) is 10.1 Å². The van der Waals surface area contributed by atoms with Gasteiger partial charge in [0.05, 0.1) is 10.6 Å².